The molecule has 0 aromatic rings. The molecule has 0 radical (unpaired) electrons. The fourth-order valence-corrected chi connectivity index (χ4v) is 1.28. The zero-order chi connectivity index (χ0) is 12.9. The number of hydrogen-bond donors (Lipinski definition) is 0. The Hall–Kier alpha value is -1.44. The van der Waals surface area contributed by atoms with Gasteiger partial charge in [0.2, 0.25) is 0 Å². The van der Waals surface area contributed by atoms with E-state index in [2.05, 4.69) is 19.1 Å². The van der Waals surface area contributed by atoms with Gasteiger partial charge in [-0.15, -0.1) is 0 Å². The predicted molar refractivity (Wildman–Crippen MR) is 71.9 cm³/mol. The second-order valence-corrected chi connectivity index (χ2v) is 3.83. The molecule has 94 valence electrons. The second-order valence-electron chi connectivity index (χ2n) is 3.83. The minimum Gasteiger partial charge on any atom is -0.299 e. The molecular weight excluding hydrogens is 212 g/mol. The van der Waals surface area contributed by atoms with Gasteiger partial charge in [0.1, 0.15) is 5.78 Å². The Balaban J connectivity index is 3.80. The lowest BCUT2D eigenvalue weighted by atomic mass is 10.1. The maximum absolute atomic E-state index is 11.3. The SMILES string of the molecule is CCC=CC/C=C\C=C\C(=O)CC(=O)CCC. The molecule has 0 spiro atoms. The topological polar surface area (TPSA) is 34.1 Å². The Bertz CT molecular complexity index is 309. The normalized spacial score (nSPS) is 11.9. The van der Waals surface area contributed by atoms with Gasteiger partial charge in [-0.1, -0.05) is 44.2 Å². The molecule has 0 fully saturated rings. The van der Waals surface area contributed by atoms with Gasteiger partial charge in [0.15, 0.2) is 5.78 Å². The van der Waals surface area contributed by atoms with Crippen LogP contribution in [0.15, 0.2) is 36.5 Å². The number of carbonyl (C=O) groups excluding carboxylic acids is 2. The minimum absolute atomic E-state index is 0.0250. The van der Waals surface area contributed by atoms with Gasteiger partial charge in [0.25, 0.3) is 0 Å². The molecule has 0 bridgehead atoms. The molecule has 0 rings (SSSR count). The van der Waals surface area contributed by atoms with Crippen molar-refractivity contribution in [2.24, 2.45) is 0 Å². The van der Waals surface area contributed by atoms with E-state index in [1.165, 1.54) is 6.08 Å². The van der Waals surface area contributed by atoms with Crippen molar-refractivity contribution in [2.45, 2.75) is 46.0 Å². The smallest absolute Gasteiger partial charge is 0.163 e. The lowest BCUT2D eigenvalue weighted by Crippen LogP contribution is -2.04. The zero-order valence-corrected chi connectivity index (χ0v) is 10.8. The fraction of sp³-hybridized carbons (Fsp3) is 0.467. The van der Waals surface area contributed by atoms with Gasteiger partial charge in [-0.3, -0.25) is 9.59 Å². The van der Waals surface area contributed by atoms with Crippen LogP contribution in [0.25, 0.3) is 0 Å². The third-order valence-electron chi connectivity index (χ3n) is 2.10. The van der Waals surface area contributed by atoms with E-state index in [1.54, 1.807) is 6.08 Å². The number of Topliss-reactive ketones (excluding diaryl/α,β-unsaturated/α-hetero) is 1. The summed E-state index contributed by atoms with van der Waals surface area (Å²) in [6.07, 6.45) is 14.4. The van der Waals surface area contributed by atoms with Gasteiger partial charge in [-0.05, 0) is 25.3 Å². The molecule has 0 N–H and O–H groups in total. The molecule has 0 atom stereocenters. The zero-order valence-electron chi connectivity index (χ0n) is 10.8. The van der Waals surface area contributed by atoms with Crippen molar-refractivity contribution in [2.75, 3.05) is 0 Å². The van der Waals surface area contributed by atoms with Crippen molar-refractivity contribution in [1.29, 1.82) is 0 Å². The summed E-state index contributed by atoms with van der Waals surface area (Å²) in [5.74, 6) is -0.0887. The van der Waals surface area contributed by atoms with E-state index in [4.69, 9.17) is 0 Å². The molecule has 0 saturated carbocycles. The molecule has 0 amide bonds. The first-order chi connectivity index (χ1) is 8.20. The molecule has 0 unspecified atom stereocenters. The first-order valence-corrected chi connectivity index (χ1v) is 6.23. The first kappa shape index (κ1) is 15.6. The van der Waals surface area contributed by atoms with Gasteiger partial charge >= 0.3 is 0 Å². The van der Waals surface area contributed by atoms with Gasteiger partial charge in [0, 0.05) is 6.42 Å². The van der Waals surface area contributed by atoms with Gasteiger partial charge in [0.05, 0.1) is 6.42 Å². The third-order valence-corrected chi connectivity index (χ3v) is 2.10. The summed E-state index contributed by atoms with van der Waals surface area (Å²) in [6, 6.07) is 0. The molecule has 0 aliphatic heterocycles. The Morgan fingerprint density at radius 2 is 1.76 bits per heavy atom. The highest BCUT2D eigenvalue weighted by molar-refractivity contribution is 6.04. The number of rotatable bonds is 9. The van der Waals surface area contributed by atoms with Crippen molar-refractivity contribution < 1.29 is 9.59 Å². The molecule has 0 aromatic carbocycles. The quantitative estimate of drug-likeness (QED) is 0.263. The Labute approximate surface area is 104 Å². The molecule has 0 aliphatic rings. The summed E-state index contributed by atoms with van der Waals surface area (Å²) < 4.78 is 0. The summed E-state index contributed by atoms with van der Waals surface area (Å²) in [7, 11) is 0. The van der Waals surface area contributed by atoms with E-state index < -0.39 is 0 Å². The molecule has 0 aliphatic carbocycles. The molecule has 0 aromatic heterocycles. The summed E-state index contributed by atoms with van der Waals surface area (Å²) in [5, 5.41) is 0. The minimum atomic E-state index is -0.114. The van der Waals surface area contributed by atoms with Crippen LogP contribution in [0, 0.1) is 0 Å². The van der Waals surface area contributed by atoms with Crippen molar-refractivity contribution in [1.82, 2.24) is 0 Å². The van der Waals surface area contributed by atoms with Crippen molar-refractivity contribution in [3.63, 3.8) is 0 Å². The number of ketones is 2. The van der Waals surface area contributed by atoms with Crippen LogP contribution in [0.1, 0.15) is 46.0 Å². The van der Waals surface area contributed by atoms with Crippen molar-refractivity contribution >= 4 is 11.6 Å². The molecule has 0 saturated heterocycles. The monoisotopic (exact) mass is 234 g/mol. The highest BCUT2D eigenvalue weighted by Gasteiger charge is 2.04. The van der Waals surface area contributed by atoms with E-state index >= 15 is 0 Å². The standard InChI is InChI=1S/C15H22O2/c1-3-5-6-7-8-9-10-12-15(17)13-14(16)11-4-2/h5-6,8-10,12H,3-4,7,11,13H2,1-2H3/b6-5?,9-8-,12-10+. The second kappa shape index (κ2) is 11.1. The third kappa shape index (κ3) is 10.8. The van der Waals surface area contributed by atoms with Crippen LogP contribution in [0.3, 0.4) is 0 Å². The maximum Gasteiger partial charge on any atom is 0.163 e. The van der Waals surface area contributed by atoms with Crippen LogP contribution in [0.4, 0.5) is 0 Å². The Kier molecular flexibility index (Phi) is 10.1. The summed E-state index contributed by atoms with van der Waals surface area (Å²) in [5.41, 5.74) is 0. The van der Waals surface area contributed by atoms with Crippen molar-refractivity contribution in [3.05, 3.63) is 36.5 Å². The lowest BCUT2D eigenvalue weighted by Gasteiger charge is -1.93. The van der Waals surface area contributed by atoms with E-state index in [0.29, 0.717) is 6.42 Å². The summed E-state index contributed by atoms with van der Waals surface area (Å²) in [4.78, 5) is 22.5. The van der Waals surface area contributed by atoms with Gasteiger partial charge in [-0.25, -0.2) is 0 Å². The number of allylic oxidation sites excluding steroid dienone is 6. The first-order valence-electron chi connectivity index (χ1n) is 6.23. The van der Waals surface area contributed by atoms with E-state index in [1.807, 2.05) is 19.1 Å². The fourth-order valence-electron chi connectivity index (χ4n) is 1.28. The molecule has 2 heteroatoms. The Morgan fingerprint density at radius 3 is 2.41 bits per heavy atom. The highest BCUT2D eigenvalue weighted by Crippen LogP contribution is 1.96. The summed E-state index contributed by atoms with van der Waals surface area (Å²) >= 11 is 0. The predicted octanol–water partition coefficient (Wildman–Crippen LogP) is 3.78. The molecule has 17 heavy (non-hydrogen) atoms. The van der Waals surface area contributed by atoms with Crippen LogP contribution < -0.4 is 0 Å². The van der Waals surface area contributed by atoms with Crippen LogP contribution in [0.2, 0.25) is 0 Å². The average molecular weight is 234 g/mol. The van der Waals surface area contributed by atoms with Gasteiger partial charge in [-0.2, -0.15) is 0 Å². The van der Waals surface area contributed by atoms with Crippen LogP contribution in [-0.2, 0) is 9.59 Å². The van der Waals surface area contributed by atoms with Gasteiger partial charge < -0.3 is 0 Å². The van der Waals surface area contributed by atoms with Crippen LogP contribution >= 0.6 is 0 Å². The largest absolute Gasteiger partial charge is 0.299 e. The van der Waals surface area contributed by atoms with Crippen LogP contribution in [-0.4, -0.2) is 11.6 Å². The summed E-state index contributed by atoms with van der Waals surface area (Å²) in [6.45, 7) is 4.02. The van der Waals surface area contributed by atoms with E-state index in [-0.39, 0.29) is 18.0 Å². The number of hydrogen-bond acceptors (Lipinski definition) is 2. The van der Waals surface area contributed by atoms with E-state index in [0.717, 1.165) is 19.3 Å². The number of carbonyl (C=O) groups is 2. The van der Waals surface area contributed by atoms with Crippen molar-refractivity contribution in [3.8, 4) is 0 Å². The van der Waals surface area contributed by atoms with E-state index in [9.17, 15) is 9.59 Å². The highest BCUT2D eigenvalue weighted by atomic mass is 16.1. The molecule has 2 nitrogen and oxygen atoms in total. The molecular formula is C15H22O2. The lowest BCUT2D eigenvalue weighted by molar-refractivity contribution is -0.124. The maximum atomic E-state index is 11.3. The Morgan fingerprint density at radius 1 is 1.00 bits per heavy atom. The average Bonchev–Trinajstić information content (AvgIpc) is 2.28. The van der Waals surface area contributed by atoms with Crippen LogP contribution in [0.5, 0.6) is 0 Å². The molecule has 0 heterocycles.